The van der Waals surface area contributed by atoms with Gasteiger partial charge in [-0.15, -0.1) is 24.0 Å². The molecule has 0 spiro atoms. The van der Waals surface area contributed by atoms with Crippen LogP contribution < -0.4 is 10.6 Å². The number of carbonyl (C=O) groups excluding carboxylic acids is 1. The topological polar surface area (TPSA) is 66.0 Å². The fraction of sp³-hybridized carbons (Fsp3) is 0.652. The van der Waals surface area contributed by atoms with Gasteiger partial charge in [-0.1, -0.05) is 29.8 Å². The second-order valence-electron chi connectivity index (χ2n) is 8.09. The summed E-state index contributed by atoms with van der Waals surface area (Å²) in [6.07, 6.45) is 5.01. The smallest absolute Gasteiger partial charge is 0.222 e. The Balaban J connectivity index is 0.00000320. The summed E-state index contributed by atoms with van der Waals surface area (Å²) in [5.41, 5.74) is 2.53. The maximum absolute atomic E-state index is 11.7. The first-order chi connectivity index (χ1) is 14.2. The monoisotopic (exact) mass is 528 g/mol. The Labute approximate surface area is 198 Å². The predicted molar refractivity (Wildman–Crippen MR) is 132 cm³/mol. The van der Waals surface area contributed by atoms with E-state index in [0.717, 1.165) is 71.0 Å². The zero-order chi connectivity index (χ0) is 20.5. The molecule has 0 radical (unpaired) electrons. The van der Waals surface area contributed by atoms with Crippen LogP contribution >= 0.6 is 24.0 Å². The Hall–Kier alpha value is -1.35. The van der Waals surface area contributed by atoms with Crippen molar-refractivity contribution in [2.75, 3.05) is 39.3 Å². The standard InChI is InChI=1S/C23H36N4O2.HI/c1-3-24-23(25-13-6-15-27-14-4-8-21(27)28)26-17-20-7-5-16-29-22(20)19-11-9-18(2)10-12-19;/h9-12,20,22H,3-8,13-17H2,1-2H3,(H2,24,25,26);1H. The van der Waals surface area contributed by atoms with Gasteiger partial charge in [-0.3, -0.25) is 9.79 Å². The number of ether oxygens (including phenoxy) is 1. The summed E-state index contributed by atoms with van der Waals surface area (Å²) >= 11 is 0. The van der Waals surface area contributed by atoms with Crippen molar-refractivity contribution in [3.8, 4) is 0 Å². The molecule has 30 heavy (non-hydrogen) atoms. The highest BCUT2D eigenvalue weighted by Gasteiger charge is 2.27. The molecule has 2 N–H and O–H groups in total. The number of hydrogen-bond acceptors (Lipinski definition) is 3. The van der Waals surface area contributed by atoms with Crippen molar-refractivity contribution in [1.82, 2.24) is 15.5 Å². The zero-order valence-corrected chi connectivity index (χ0v) is 20.7. The van der Waals surface area contributed by atoms with E-state index >= 15 is 0 Å². The fourth-order valence-electron chi connectivity index (χ4n) is 4.12. The molecule has 0 aromatic heterocycles. The van der Waals surface area contributed by atoms with E-state index in [0.29, 0.717) is 18.2 Å². The molecule has 2 heterocycles. The normalized spacial score (nSPS) is 22.0. The number of halogens is 1. The van der Waals surface area contributed by atoms with Crippen molar-refractivity contribution in [2.24, 2.45) is 10.9 Å². The van der Waals surface area contributed by atoms with Gasteiger partial charge in [0, 0.05) is 51.7 Å². The Morgan fingerprint density at radius 2 is 2.03 bits per heavy atom. The van der Waals surface area contributed by atoms with Crippen LogP contribution in [0.5, 0.6) is 0 Å². The molecule has 0 saturated carbocycles. The van der Waals surface area contributed by atoms with Gasteiger partial charge < -0.3 is 20.3 Å². The minimum absolute atomic E-state index is 0. The molecule has 0 bridgehead atoms. The molecule has 2 saturated heterocycles. The van der Waals surface area contributed by atoms with Gasteiger partial charge in [0.25, 0.3) is 0 Å². The summed E-state index contributed by atoms with van der Waals surface area (Å²) in [5, 5.41) is 6.76. The maximum atomic E-state index is 11.7. The van der Waals surface area contributed by atoms with Crippen LogP contribution in [0.15, 0.2) is 29.3 Å². The number of rotatable bonds is 8. The molecule has 7 heteroatoms. The second kappa shape index (κ2) is 13.1. The number of nitrogens with zero attached hydrogens (tertiary/aromatic N) is 2. The molecule has 1 aromatic carbocycles. The number of aryl methyl sites for hydroxylation is 1. The highest BCUT2D eigenvalue weighted by Crippen LogP contribution is 2.33. The van der Waals surface area contributed by atoms with Crippen LogP contribution in [0.4, 0.5) is 0 Å². The molecular formula is C23H37IN4O2. The van der Waals surface area contributed by atoms with E-state index < -0.39 is 0 Å². The van der Waals surface area contributed by atoms with Gasteiger partial charge in [0.1, 0.15) is 0 Å². The Bertz CT molecular complexity index is 680. The van der Waals surface area contributed by atoms with Crippen molar-refractivity contribution < 1.29 is 9.53 Å². The Kier molecular flexibility index (Phi) is 10.9. The Morgan fingerprint density at radius 3 is 2.73 bits per heavy atom. The van der Waals surface area contributed by atoms with E-state index in [-0.39, 0.29) is 30.1 Å². The molecule has 2 unspecified atom stereocenters. The van der Waals surface area contributed by atoms with E-state index in [1.807, 2.05) is 4.90 Å². The number of aliphatic imine (C=N–C) groups is 1. The third kappa shape index (κ3) is 7.41. The second-order valence-corrected chi connectivity index (χ2v) is 8.09. The third-order valence-electron chi connectivity index (χ3n) is 5.75. The summed E-state index contributed by atoms with van der Waals surface area (Å²) in [6, 6.07) is 8.69. The minimum Gasteiger partial charge on any atom is -0.373 e. The Morgan fingerprint density at radius 1 is 1.23 bits per heavy atom. The molecule has 2 aliphatic rings. The van der Waals surface area contributed by atoms with Crippen LogP contribution in [-0.4, -0.2) is 56.1 Å². The lowest BCUT2D eigenvalue weighted by molar-refractivity contribution is -0.127. The van der Waals surface area contributed by atoms with E-state index in [2.05, 4.69) is 48.7 Å². The molecule has 3 rings (SSSR count). The van der Waals surface area contributed by atoms with Crippen LogP contribution in [0.3, 0.4) is 0 Å². The number of carbonyl (C=O) groups is 1. The molecule has 1 amide bonds. The highest BCUT2D eigenvalue weighted by molar-refractivity contribution is 14.0. The SMILES string of the molecule is CCNC(=NCC1CCCOC1c1ccc(C)cc1)NCCCN1CCCC1=O.I. The van der Waals surface area contributed by atoms with Crippen LogP contribution in [0.1, 0.15) is 56.3 Å². The molecular weight excluding hydrogens is 491 g/mol. The van der Waals surface area contributed by atoms with E-state index in [1.54, 1.807) is 0 Å². The van der Waals surface area contributed by atoms with Gasteiger partial charge in [0.2, 0.25) is 5.91 Å². The van der Waals surface area contributed by atoms with Crippen molar-refractivity contribution in [3.05, 3.63) is 35.4 Å². The number of likely N-dealkylation sites (tertiary alicyclic amines) is 1. The number of amides is 1. The molecule has 1 aromatic rings. The van der Waals surface area contributed by atoms with Crippen molar-refractivity contribution >= 4 is 35.8 Å². The van der Waals surface area contributed by atoms with Crippen LogP contribution in [-0.2, 0) is 9.53 Å². The lowest BCUT2D eigenvalue weighted by Crippen LogP contribution is -2.39. The van der Waals surface area contributed by atoms with Gasteiger partial charge in [0.15, 0.2) is 5.96 Å². The molecule has 6 nitrogen and oxygen atoms in total. The number of nitrogens with one attached hydrogen (secondary N) is 2. The van der Waals surface area contributed by atoms with Gasteiger partial charge in [0.05, 0.1) is 6.10 Å². The van der Waals surface area contributed by atoms with Gasteiger partial charge >= 0.3 is 0 Å². The quantitative estimate of drug-likeness (QED) is 0.234. The third-order valence-corrected chi connectivity index (χ3v) is 5.75. The summed E-state index contributed by atoms with van der Waals surface area (Å²) < 4.78 is 6.13. The summed E-state index contributed by atoms with van der Waals surface area (Å²) in [7, 11) is 0. The summed E-state index contributed by atoms with van der Waals surface area (Å²) in [6.45, 7) is 9.16. The average Bonchev–Trinajstić information content (AvgIpc) is 3.15. The molecule has 2 atom stereocenters. The van der Waals surface area contributed by atoms with Crippen molar-refractivity contribution in [1.29, 1.82) is 0 Å². The maximum Gasteiger partial charge on any atom is 0.222 e. The lowest BCUT2D eigenvalue weighted by atomic mass is 9.89. The van der Waals surface area contributed by atoms with E-state index in [4.69, 9.17) is 9.73 Å². The van der Waals surface area contributed by atoms with Crippen LogP contribution in [0, 0.1) is 12.8 Å². The first-order valence-corrected chi connectivity index (χ1v) is 11.2. The van der Waals surface area contributed by atoms with Crippen molar-refractivity contribution in [3.63, 3.8) is 0 Å². The number of guanidine groups is 1. The molecule has 0 aliphatic carbocycles. The summed E-state index contributed by atoms with van der Waals surface area (Å²) in [4.78, 5) is 18.5. The fourth-order valence-corrected chi connectivity index (χ4v) is 4.12. The first kappa shape index (κ1) is 24.9. The molecule has 2 aliphatic heterocycles. The number of benzene rings is 1. The summed E-state index contributed by atoms with van der Waals surface area (Å²) in [5.74, 6) is 1.54. The van der Waals surface area contributed by atoms with Crippen molar-refractivity contribution in [2.45, 2.75) is 52.1 Å². The van der Waals surface area contributed by atoms with Gasteiger partial charge in [-0.2, -0.15) is 0 Å². The van der Waals surface area contributed by atoms with Gasteiger partial charge in [-0.05, 0) is 45.1 Å². The van der Waals surface area contributed by atoms with Crippen LogP contribution in [0.25, 0.3) is 0 Å². The minimum atomic E-state index is 0. The van der Waals surface area contributed by atoms with E-state index in [1.165, 1.54) is 11.1 Å². The number of hydrogen-bond donors (Lipinski definition) is 2. The molecule has 168 valence electrons. The largest absolute Gasteiger partial charge is 0.373 e. The van der Waals surface area contributed by atoms with Gasteiger partial charge in [-0.25, -0.2) is 0 Å². The highest BCUT2D eigenvalue weighted by atomic mass is 127. The van der Waals surface area contributed by atoms with Crippen LogP contribution in [0.2, 0.25) is 0 Å². The first-order valence-electron chi connectivity index (χ1n) is 11.2. The molecule has 2 fully saturated rings. The average molecular weight is 528 g/mol. The lowest BCUT2D eigenvalue weighted by Gasteiger charge is -2.31. The zero-order valence-electron chi connectivity index (χ0n) is 18.4. The predicted octanol–water partition coefficient (Wildman–Crippen LogP) is 3.65. The van der Waals surface area contributed by atoms with E-state index in [9.17, 15) is 4.79 Å².